The molecule has 0 spiro atoms. The highest BCUT2D eigenvalue weighted by Gasteiger charge is 2.05. The lowest BCUT2D eigenvalue weighted by Crippen LogP contribution is -1.85. The van der Waals surface area contributed by atoms with E-state index in [2.05, 4.69) is 19.0 Å². The predicted molar refractivity (Wildman–Crippen MR) is 40.0 cm³/mol. The monoisotopic (exact) mass is 139 g/mol. The minimum Gasteiger partial charge on any atom is -0.361 e. The SMILES string of the molecule is CCCc1noc(C)c1C. The van der Waals surface area contributed by atoms with Gasteiger partial charge >= 0.3 is 0 Å². The Labute approximate surface area is 61.2 Å². The standard InChI is InChI=1S/C8H13NO/c1-4-5-8-6(2)7(3)10-9-8/h4-5H2,1-3H3. The molecular formula is C8H13NO. The van der Waals surface area contributed by atoms with Gasteiger partial charge in [-0.2, -0.15) is 0 Å². The highest BCUT2D eigenvalue weighted by molar-refractivity contribution is 5.19. The largest absolute Gasteiger partial charge is 0.361 e. The van der Waals surface area contributed by atoms with Crippen molar-refractivity contribution in [2.45, 2.75) is 33.6 Å². The molecule has 0 amide bonds. The van der Waals surface area contributed by atoms with Gasteiger partial charge in [-0.3, -0.25) is 0 Å². The van der Waals surface area contributed by atoms with Crippen LogP contribution >= 0.6 is 0 Å². The molecule has 1 aromatic heterocycles. The summed E-state index contributed by atoms with van der Waals surface area (Å²) in [6.45, 7) is 6.14. The minimum atomic E-state index is 0.948. The summed E-state index contributed by atoms with van der Waals surface area (Å²) in [5.74, 6) is 0.948. The third-order valence-corrected chi connectivity index (χ3v) is 1.74. The Kier molecular flexibility index (Phi) is 2.10. The van der Waals surface area contributed by atoms with E-state index in [1.807, 2.05) is 6.92 Å². The Bertz CT molecular complexity index is 215. The number of hydrogen-bond acceptors (Lipinski definition) is 2. The summed E-state index contributed by atoms with van der Waals surface area (Å²) in [6.07, 6.45) is 2.16. The number of hydrogen-bond donors (Lipinski definition) is 0. The maximum atomic E-state index is 5.00. The predicted octanol–water partition coefficient (Wildman–Crippen LogP) is 2.24. The fourth-order valence-electron chi connectivity index (χ4n) is 0.934. The second-order valence-electron chi connectivity index (χ2n) is 2.56. The van der Waals surface area contributed by atoms with Gasteiger partial charge in [0.25, 0.3) is 0 Å². The highest BCUT2D eigenvalue weighted by atomic mass is 16.5. The minimum absolute atomic E-state index is 0.948. The summed E-state index contributed by atoms with van der Waals surface area (Å²) >= 11 is 0. The molecule has 2 heteroatoms. The number of rotatable bonds is 2. The van der Waals surface area contributed by atoms with Gasteiger partial charge in [-0.15, -0.1) is 0 Å². The first-order chi connectivity index (χ1) is 4.75. The van der Waals surface area contributed by atoms with Crippen molar-refractivity contribution >= 4 is 0 Å². The molecule has 0 fully saturated rings. The maximum Gasteiger partial charge on any atom is 0.136 e. The van der Waals surface area contributed by atoms with E-state index in [0.29, 0.717) is 0 Å². The molecule has 0 saturated heterocycles. The Balaban J connectivity index is 2.83. The second-order valence-corrected chi connectivity index (χ2v) is 2.56. The molecule has 0 aliphatic carbocycles. The summed E-state index contributed by atoms with van der Waals surface area (Å²) in [4.78, 5) is 0. The molecule has 0 bridgehead atoms. The molecule has 0 radical (unpaired) electrons. The molecule has 56 valence electrons. The van der Waals surface area contributed by atoms with Gasteiger partial charge in [0.05, 0.1) is 5.69 Å². The zero-order valence-corrected chi connectivity index (χ0v) is 6.77. The molecule has 2 nitrogen and oxygen atoms in total. The zero-order valence-electron chi connectivity index (χ0n) is 6.77. The van der Waals surface area contributed by atoms with Crippen LogP contribution in [-0.4, -0.2) is 5.16 Å². The Morgan fingerprint density at radius 2 is 2.10 bits per heavy atom. The van der Waals surface area contributed by atoms with Crippen molar-refractivity contribution in [1.29, 1.82) is 0 Å². The fraction of sp³-hybridized carbons (Fsp3) is 0.625. The Morgan fingerprint density at radius 3 is 2.50 bits per heavy atom. The molecule has 10 heavy (non-hydrogen) atoms. The van der Waals surface area contributed by atoms with E-state index in [4.69, 9.17) is 4.52 Å². The normalized spacial score (nSPS) is 10.3. The zero-order chi connectivity index (χ0) is 7.56. The van der Waals surface area contributed by atoms with Crippen molar-refractivity contribution in [3.63, 3.8) is 0 Å². The summed E-state index contributed by atoms with van der Waals surface area (Å²) in [5, 5.41) is 3.93. The van der Waals surface area contributed by atoms with E-state index in [1.165, 1.54) is 5.56 Å². The third kappa shape index (κ3) is 1.20. The van der Waals surface area contributed by atoms with E-state index in [9.17, 15) is 0 Å². The number of nitrogens with zero attached hydrogens (tertiary/aromatic N) is 1. The van der Waals surface area contributed by atoms with Gasteiger partial charge in [0.15, 0.2) is 0 Å². The van der Waals surface area contributed by atoms with Crippen LogP contribution in [0.3, 0.4) is 0 Å². The van der Waals surface area contributed by atoms with Crippen LogP contribution in [0.2, 0.25) is 0 Å². The summed E-state index contributed by atoms with van der Waals surface area (Å²) in [7, 11) is 0. The molecule has 0 aliphatic heterocycles. The molecule has 1 aromatic rings. The Hall–Kier alpha value is -0.790. The van der Waals surface area contributed by atoms with Crippen LogP contribution in [0.15, 0.2) is 4.52 Å². The van der Waals surface area contributed by atoms with Gasteiger partial charge in [0.1, 0.15) is 5.76 Å². The smallest absolute Gasteiger partial charge is 0.136 e. The first-order valence-corrected chi connectivity index (χ1v) is 3.67. The van der Waals surface area contributed by atoms with Gasteiger partial charge < -0.3 is 4.52 Å². The molecule has 1 rings (SSSR count). The first kappa shape index (κ1) is 7.32. The second kappa shape index (κ2) is 2.86. The molecule has 0 saturated carbocycles. The first-order valence-electron chi connectivity index (χ1n) is 3.67. The van der Waals surface area contributed by atoms with Gasteiger partial charge in [-0.1, -0.05) is 18.5 Å². The van der Waals surface area contributed by atoms with Crippen LogP contribution in [0.5, 0.6) is 0 Å². The molecule has 0 unspecified atom stereocenters. The average molecular weight is 139 g/mol. The van der Waals surface area contributed by atoms with Crippen molar-refractivity contribution in [2.24, 2.45) is 0 Å². The lowest BCUT2D eigenvalue weighted by atomic mass is 10.1. The van der Waals surface area contributed by atoms with Gasteiger partial charge in [0.2, 0.25) is 0 Å². The third-order valence-electron chi connectivity index (χ3n) is 1.74. The quantitative estimate of drug-likeness (QED) is 0.628. The molecule has 0 aromatic carbocycles. The molecule has 0 N–H and O–H groups in total. The van der Waals surface area contributed by atoms with Crippen molar-refractivity contribution in [2.75, 3.05) is 0 Å². The lowest BCUT2D eigenvalue weighted by molar-refractivity contribution is 0.389. The highest BCUT2D eigenvalue weighted by Crippen LogP contribution is 2.12. The van der Waals surface area contributed by atoms with Crippen molar-refractivity contribution in [1.82, 2.24) is 5.16 Å². The number of aryl methyl sites for hydroxylation is 2. The molecular weight excluding hydrogens is 126 g/mol. The van der Waals surface area contributed by atoms with Gasteiger partial charge in [-0.25, -0.2) is 0 Å². The summed E-state index contributed by atoms with van der Waals surface area (Å²) < 4.78 is 5.00. The van der Waals surface area contributed by atoms with Crippen LogP contribution in [0.4, 0.5) is 0 Å². The van der Waals surface area contributed by atoms with E-state index < -0.39 is 0 Å². The van der Waals surface area contributed by atoms with Crippen molar-refractivity contribution in [3.05, 3.63) is 17.0 Å². The topological polar surface area (TPSA) is 26.0 Å². The Morgan fingerprint density at radius 1 is 1.40 bits per heavy atom. The summed E-state index contributed by atoms with van der Waals surface area (Å²) in [6, 6.07) is 0. The maximum absolute atomic E-state index is 5.00. The average Bonchev–Trinajstić information content (AvgIpc) is 2.20. The van der Waals surface area contributed by atoms with Gasteiger partial charge in [0, 0.05) is 5.56 Å². The van der Waals surface area contributed by atoms with Gasteiger partial charge in [-0.05, 0) is 20.3 Å². The van der Waals surface area contributed by atoms with Crippen molar-refractivity contribution < 1.29 is 4.52 Å². The van der Waals surface area contributed by atoms with E-state index in [0.717, 1.165) is 24.3 Å². The van der Waals surface area contributed by atoms with Crippen molar-refractivity contribution in [3.8, 4) is 0 Å². The summed E-state index contributed by atoms with van der Waals surface area (Å²) in [5.41, 5.74) is 2.32. The number of aromatic nitrogens is 1. The van der Waals surface area contributed by atoms with Crippen LogP contribution in [0, 0.1) is 13.8 Å². The van der Waals surface area contributed by atoms with Crippen LogP contribution < -0.4 is 0 Å². The van der Waals surface area contributed by atoms with E-state index in [-0.39, 0.29) is 0 Å². The lowest BCUT2D eigenvalue weighted by Gasteiger charge is -1.89. The van der Waals surface area contributed by atoms with E-state index in [1.54, 1.807) is 0 Å². The van der Waals surface area contributed by atoms with Crippen LogP contribution in [-0.2, 0) is 6.42 Å². The van der Waals surface area contributed by atoms with Crippen LogP contribution in [0.1, 0.15) is 30.4 Å². The molecule has 1 heterocycles. The molecule has 0 atom stereocenters. The van der Waals surface area contributed by atoms with E-state index >= 15 is 0 Å². The van der Waals surface area contributed by atoms with Crippen LogP contribution in [0.25, 0.3) is 0 Å². The fourth-order valence-corrected chi connectivity index (χ4v) is 0.934. The molecule has 0 aliphatic rings.